The highest BCUT2D eigenvalue weighted by Crippen LogP contribution is 2.30. The van der Waals surface area contributed by atoms with Crippen molar-refractivity contribution in [3.8, 4) is 0 Å². The second-order valence-corrected chi connectivity index (χ2v) is 7.49. The number of anilines is 1. The lowest BCUT2D eigenvalue weighted by atomic mass is 9.89. The highest BCUT2D eigenvalue weighted by Gasteiger charge is 2.22. The van der Waals surface area contributed by atoms with Crippen molar-refractivity contribution in [2.24, 2.45) is 0 Å². The average Bonchev–Trinajstić information content (AvgIpc) is 2.75. The summed E-state index contributed by atoms with van der Waals surface area (Å²) < 4.78 is 5.61. The van der Waals surface area contributed by atoms with Gasteiger partial charge in [0.2, 0.25) is 0 Å². The predicted molar refractivity (Wildman–Crippen MR) is 107 cm³/mol. The molecule has 2 aromatic rings. The van der Waals surface area contributed by atoms with Crippen LogP contribution in [-0.4, -0.2) is 38.3 Å². The second kappa shape index (κ2) is 8.57. The number of hydrogen-bond acceptors (Lipinski definition) is 3. The zero-order chi connectivity index (χ0) is 18.5. The molecule has 0 amide bonds. The molecular formula is C23H27N2O2. The van der Waals surface area contributed by atoms with Crippen LogP contribution in [-0.2, 0) is 4.74 Å². The Morgan fingerprint density at radius 2 is 1.56 bits per heavy atom. The highest BCUT2D eigenvalue weighted by atomic mass is 16.5. The van der Waals surface area contributed by atoms with Gasteiger partial charge in [0, 0.05) is 31.9 Å². The molecule has 4 rings (SSSR count). The van der Waals surface area contributed by atoms with Gasteiger partial charge in [0.05, 0.1) is 5.56 Å². The summed E-state index contributed by atoms with van der Waals surface area (Å²) in [6.07, 6.45) is 4.05. The van der Waals surface area contributed by atoms with E-state index in [2.05, 4.69) is 52.7 Å². The number of piperidine rings is 2. The van der Waals surface area contributed by atoms with E-state index < -0.39 is 0 Å². The van der Waals surface area contributed by atoms with Crippen LogP contribution in [0.15, 0.2) is 54.6 Å². The number of carbonyl (C=O) groups is 1. The molecule has 0 unspecified atom stereocenters. The van der Waals surface area contributed by atoms with Crippen molar-refractivity contribution in [1.29, 1.82) is 0 Å². The van der Waals surface area contributed by atoms with Crippen LogP contribution in [0.2, 0.25) is 0 Å². The Hall–Kier alpha value is -2.33. The van der Waals surface area contributed by atoms with Gasteiger partial charge >= 0.3 is 5.97 Å². The third kappa shape index (κ3) is 4.51. The summed E-state index contributed by atoms with van der Waals surface area (Å²) in [5.74, 6) is 0.440. The number of ether oxygens (including phenoxy) is 1. The van der Waals surface area contributed by atoms with E-state index in [1.807, 2.05) is 12.1 Å². The van der Waals surface area contributed by atoms with Gasteiger partial charge in [0.25, 0.3) is 0 Å². The minimum absolute atomic E-state index is 0.0201. The van der Waals surface area contributed by atoms with Gasteiger partial charge in [-0.3, -0.25) is 0 Å². The minimum Gasteiger partial charge on any atom is -0.459 e. The molecule has 0 aliphatic carbocycles. The molecule has 2 aromatic carbocycles. The topological polar surface area (TPSA) is 43.6 Å². The first kappa shape index (κ1) is 18.1. The van der Waals surface area contributed by atoms with Crippen LogP contribution >= 0.6 is 0 Å². The van der Waals surface area contributed by atoms with Crippen molar-refractivity contribution in [3.05, 3.63) is 65.7 Å². The highest BCUT2D eigenvalue weighted by molar-refractivity contribution is 5.90. The Morgan fingerprint density at radius 1 is 0.889 bits per heavy atom. The fourth-order valence-electron chi connectivity index (χ4n) is 4.07. The molecule has 4 heteroatoms. The van der Waals surface area contributed by atoms with Gasteiger partial charge < -0.3 is 9.64 Å². The van der Waals surface area contributed by atoms with E-state index in [1.165, 1.54) is 24.1 Å². The molecule has 0 spiro atoms. The Bertz CT molecular complexity index is 731. The summed E-state index contributed by atoms with van der Waals surface area (Å²) >= 11 is 0. The van der Waals surface area contributed by atoms with Gasteiger partial charge in [-0.1, -0.05) is 30.3 Å². The van der Waals surface area contributed by atoms with Crippen LogP contribution in [0.5, 0.6) is 0 Å². The first-order valence-corrected chi connectivity index (χ1v) is 10.0. The number of nitrogens with zero attached hydrogens (tertiary/aromatic N) is 2. The Kier molecular flexibility index (Phi) is 5.73. The van der Waals surface area contributed by atoms with Gasteiger partial charge in [-0.05, 0) is 61.4 Å². The standard InChI is InChI=1S/C23H27N2O2/c26-23(27-22-10-14-24-15-11-22)20-6-8-21(9-7-20)25-16-12-19(13-17-25)18-4-2-1-3-5-18/h1-9,19,22H,10-17H2. The average molecular weight is 363 g/mol. The monoisotopic (exact) mass is 363 g/mol. The summed E-state index contributed by atoms with van der Waals surface area (Å²) in [6.45, 7) is 3.70. The summed E-state index contributed by atoms with van der Waals surface area (Å²) in [7, 11) is 0. The predicted octanol–water partition coefficient (Wildman–Crippen LogP) is 3.99. The van der Waals surface area contributed by atoms with E-state index in [9.17, 15) is 4.79 Å². The lowest BCUT2D eigenvalue weighted by molar-refractivity contribution is 0.0227. The number of rotatable bonds is 4. The molecular weight excluding hydrogens is 336 g/mol. The van der Waals surface area contributed by atoms with E-state index >= 15 is 0 Å². The molecule has 27 heavy (non-hydrogen) atoms. The van der Waals surface area contributed by atoms with Crippen LogP contribution < -0.4 is 10.2 Å². The quantitative estimate of drug-likeness (QED) is 0.772. The Morgan fingerprint density at radius 3 is 2.22 bits per heavy atom. The summed E-state index contributed by atoms with van der Waals surface area (Å²) in [5.41, 5.74) is 3.28. The minimum atomic E-state index is -0.212. The van der Waals surface area contributed by atoms with Gasteiger partial charge in [-0.25, -0.2) is 10.1 Å². The van der Waals surface area contributed by atoms with Gasteiger partial charge in [0.1, 0.15) is 6.10 Å². The molecule has 4 nitrogen and oxygen atoms in total. The SMILES string of the molecule is O=C(OC1CC[N]CC1)c1ccc(N2CCC(c3ccccc3)CC2)cc1. The first-order chi connectivity index (χ1) is 13.3. The molecule has 2 heterocycles. The molecule has 0 N–H and O–H groups in total. The zero-order valence-corrected chi connectivity index (χ0v) is 15.7. The number of hydrogen-bond donors (Lipinski definition) is 0. The molecule has 0 aromatic heterocycles. The van der Waals surface area contributed by atoms with E-state index in [0.717, 1.165) is 39.0 Å². The normalized spacial score (nSPS) is 19.0. The Balaban J connectivity index is 1.32. The maximum atomic E-state index is 12.3. The fraction of sp³-hybridized carbons (Fsp3) is 0.435. The van der Waals surface area contributed by atoms with Crippen molar-refractivity contribution >= 4 is 11.7 Å². The number of benzene rings is 2. The molecule has 0 bridgehead atoms. The van der Waals surface area contributed by atoms with Crippen molar-refractivity contribution in [3.63, 3.8) is 0 Å². The molecule has 1 radical (unpaired) electrons. The van der Waals surface area contributed by atoms with Crippen molar-refractivity contribution in [2.75, 3.05) is 31.1 Å². The fourth-order valence-corrected chi connectivity index (χ4v) is 4.07. The van der Waals surface area contributed by atoms with Crippen LogP contribution in [0.3, 0.4) is 0 Å². The smallest absolute Gasteiger partial charge is 0.338 e. The maximum absolute atomic E-state index is 12.3. The first-order valence-electron chi connectivity index (χ1n) is 10.0. The van der Waals surface area contributed by atoms with Crippen LogP contribution in [0.25, 0.3) is 0 Å². The Labute approximate surface area is 161 Å². The molecule has 2 saturated heterocycles. The zero-order valence-electron chi connectivity index (χ0n) is 15.7. The largest absolute Gasteiger partial charge is 0.459 e. The lowest BCUT2D eigenvalue weighted by Gasteiger charge is -2.34. The van der Waals surface area contributed by atoms with E-state index in [4.69, 9.17) is 4.74 Å². The second-order valence-electron chi connectivity index (χ2n) is 7.49. The maximum Gasteiger partial charge on any atom is 0.338 e. The number of esters is 1. The van der Waals surface area contributed by atoms with Gasteiger partial charge in [-0.2, -0.15) is 0 Å². The number of carbonyl (C=O) groups excluding carboxylic acids is 1. The van der Waals surface area contributed by atoms with Crippen molar-refractivity contribution < 1.29 is 9.53 Å². The molecule has 2 aliphatic rings. The van der Waals surface area contributed by atoms with Gasteiger partial charge in [-0.15, -0.1) is 0 Å². The van der Waals surface area contributed by atoms with Crippen LogP contribution in [0.4, 0.5) is 5.69 Å². The lowest BCUT2D eigenvalue weighted by Crippen LogP contribution is -2.32. The third-order valence-corrected chi connectivity index (χ3v) is 5.73. The van der Waals surface area contributed by atoms with E-state index in [0.29, 0.717) is 11.5 Å². The molecule has 0 atom stereocenters. The molecule has 2 aliphatic heterocycles. The summed E-state index contributed by atoms with van der Waals surface area (Å²) in [5, 5.41) is 4.30. The molecule has 141 valence electrons. The van der Waals surface area contributed by atoms with Crippen molar-refractivity contribution in [2.45, 2.75) is 37.7 Å². The van der Waals surface area contributed by atoms with Crippen LogP contribution in [0, 0.1) is 0 Å². The summed E-state index contributed by atoms with van der Waals surface area (Å²) in [6, 6.07) is 18.7. The van der Waals surface area contributed by atoms with Crippen LogP contribution in [0.1, 0.15) is 47.5 Å². The molecule has 0 saturated carbocycles. The molecule has 2 fully saturated rings. The van der Waals surface area contributed by atoms with E-state index in [-0.39, 0.29) is 12.1 Å². The van der Waals surface area contributed by atoms with Gasteiger partial charge in [0.15, 0.2) is 0 Å². The summed E-state index contributed by atoms with van der Waals surface area (Å²) in [4.78, 5) is 14.7. The third-order valence-electron chi connectivity index (χ3n) is 5.73. The van der Waals surface area contributed by atoms with E-state index in [1.54, 1.807) is 0 Å². The van der Waals surface area contributed by atoms with Crippen molar-refractivity contribution in [1.82, 2.24) is 5.32 Å².